The zero-order valence-electron chi connectivity index (χ0n) is 16.5. The topological polar surface area (TPSA) is 62.2 Å². The number of Topliss-reactive ketones (excluding diaryl/α,β-unsaturated/α-hetero) is 1. The molecule has 0 aliphatic carbocycles. The molecule has 2 aliphatic rings. The Morgan fingerprint density at radius 2 is 1.70 bits per heavy atom. The number of hydrogen-bond acceptors (Lipinski definition) is 8. The van der Waals surface area contributed by atoms with Crippen LogP contribution in [0.1, 0.15) is 13.8 Å². The summed E-state index contributed by atoms with van der Waals surface area (Å²) in [5.74, 6) is -0.542. The van der Waals surface area contributed by atoms with E-state index in [1.165, 1.54) is 30.6 Å². The van der Waals surface area contributed by atoms with Crippen molar-refractivity contribution >= 4 is 67.6 Å². The molecule has 154 valence electrons. The van der Waals surface area contributed by atoms with Crippen molar-refractivity contribution in [3.05, 3.63) is 69.7 Å². The first-order valence-corrected chi connectivity index (χ1v) is 11.5. The standard InChI is InChI=1S/C21H18BrN3O3S2/c1-13-18(14(2)26)29-21(24(13)16-7-5-4-6-8-16)25(17-11-9-15(22)10-12-17)23-19(30-21)20(27)28-3/h4-12H,1-3H3. The zero-order valence-corrected chi connectivity index (χ0v) is 19.7. The fourth-order valence-electron chi connectivity index (χ4n) is 3.35. The Morgan fingerprint density at radius 1 is 1.03 bits per heavy atom. The third-order valence-electron chi connectivity index (χ3n) is 4.64. The summed E-state index contributed by atoms with van der Waals surface area (Å²) in [6, 6.07) is 17.4. The minimum absolute atomic E-state index is 0.0295. The number of carbonyl (C=O) groups is 2. The molecular formula is C21H18BrN3O3S2. The smallest absolute Gasteiger partial charge is 0.365 e. The highest BCUT2D eigenvalue weighted by molar-refractivity contribution is 9.10. The van der Waals surface area contributed by atoms with Gasteiger partial charge in [-0.2, -0.15) is 5.10 Å². The number of benzene rings is 2. The molecule has 2 aromatic carbocycles. The van der Waals surface area contributed by atoms with Crippen LogP contribution in [-0.2, 0) is 14.3 Å². The fourth-order valence-corrected chi connectivity index (χ4v) is 6.59. The molecule has 2 aliphatic heterocycles. The van der Waals surface area contributed by atoms with Crippen molar-refractivity contribution in [2.45, 2.75) is 18.2 Å². The van der Waals surface area contributed by atoms with Crippen LogP contribution in [0.5, 0.6) is 0 Å². The van der Waals surface area contributed by atoms with E-state index in [4.69, 9.17) is 4.74 Å². The van der Waals surface area contributed by atoms with Crippen LogP contribution in [-0.4, -0.2) is 28.2 Å². The van der Waals surface area contributed by atoms with Gasteiger partial charge in [0.05, 0.1) is 17.7 Å². The van der Waals surface area contributed by atoms with E-state index in [0.29, 0.717) is 4.91 Å². The molecule has 0 aromatic heterocycles. The van der Waals surface area contributed by atoms with Crippen molar-refractivity contribution in [1.29, 1.82) is 0 Å². The second-order valence-electron chi connectivity index (χ2n) is 6.58. The van der Waals surface area contributed by atoms with Crippen LogP contribution in [0.3, 0.4) is 0 Å². The van der Waals surface area contributed by atoms with Crippen LogP contribution in [0.4, 0.5) is 11.4 Å². The van der Waals surface area contributed by atoms with Gasteiger partial charge >= 0.3 is 5.97 Å². The van der Waals surface area contributed by atoms with Crippen molar-refractivity contribution < 1.29 is 14.3 Å². The number of ketones is 1. The maximum absolute atomic E-state index is 12.5. The first-order valence-electron chi connectivity index (χ1n) is 9.05. The summed E-state index contributed by atoms with van der Waals surface area (Å²) >= 11 is 6.12. The van der Waals surface area contributed by atoms with Gasteiger partial charge in [0.2, 0.25) is 9.37 Å². The Balaban J connectivity index is 1.91. The molecule has 2 aromatic rings. The summed E-state index contributed by atoms with van der Waals surface area (Å²) in [5, 5.41) is 6.63. The van der Waals surface area contributed by atoms with E-state index in [1.807, 2.05) is 61.5 Å². The second kappa shape index (κ2) is 8.13. The van der Waals surface area contributed by atoms with Crippen molar-refractivity contribution in [1.82, 2.24) is 0 Å². The molecule has 0 fully saturated rings. The molecular weight excluding hydrogens is 486 g/mol. The molecule has 0 bridgehead atoms. The number of anilines is 2. The molecule has 0 saturated heterocycles. The lowest BCUT2D eigenvalue weighted by Crippen LogP contribution is -2.49. The first kappa shape index (κ1) is 21.0. The number of allylic oxidation sites excluding steroid dienone is 2. The monoisotopic (exact) mass is 503 g/mol. The Hall–Kier alpha value is -2.23. The summed E-state index contributed by atoms with van der Waals surface area (Å²) in [4.78, 5) is 27.6. The van der Waals surface area contributed by atoms with Crippen LogP contribution in [0, 0.1) is 0 Å². The molecule has 6 nitrogen and oxygen atoms in total. The van der Waals surface area contributed by atoms with E-state index in [1.54, 1.807) is 11.9 Å². The molecule has 1 unspecified atom stereocenters. The van der Waals surface area contributed by atoms with E-state index in [-0.39, 0.29) is 10.8 Å². The molecule has 0 amide bonds. The summed E-state index contributed by atoms with van der Waals surface area (Å²) < 4.78 is 4.97. The van der Waals surface area contributed by atoms with Gasteiger partial charge in [0.1, 0.15) is 0 Å². The van der Waals surface area contributed by atoms with Crippen LogP contribution in [0.25, 0.3) is 0 Å². The maximum Gasteiger partial charge on any atom is 0.365 e. The molecule has 1 atom stereocenters. The number of halogens is 1. The molecule has 0 radical (unpaired) electrons. The predicted molar refractivity (Wildman–Crippen MR) is 126 cm³/mol. The van der Waals surface area contributed by atoms with Crippen molar-refractivity contribution in [3.63, 3.8) is 0 Å². The number of hydrazone groups is 1. The van der Waals surface area contributed by atoms with Crippen LogP contribution < -0.4 is 9.91 Å². The van der Waals surface area contributed by atoms with Gasteiger partial charge in [0.15, 0.2) is 5.78 Å². The highest BCUT2D eigenvalue weighted by atomic mass is 79.9. The van der Waals surface area contributed by atoms with Crippen molar-refractivity contribution in [2.75, 3.05) is 17.0 Å². The minimum atomic E-state index is -0.913. The molecule has 9 heteroatoms. The molecule has 0 saturated carbocycles. The number of para-hydroxylation sites is 1. The molecule has 1 spiro atoms. The largest absolute Gasteiger partial charge is 0.464 e. The first-order chi connectivity index (χ1) is 14.4. The number of hydrogen-bond donors (Lipinski definition) is 0. The predicted octanol–water partition coefficient (Wildman–Crippen LogP) is 5.17. The molecule has 0 N–H and O–H groups in total. The zero-order chi connectivity index (χ0) is 21.5. The van der Waals surface area contributed by atoms with Gasteiger partial charge < -0.3 is 9.64 Å². The lowest BCUT2D eigenvalue weighted by molar-refractivity contribution is -0.132. The fraction of sp³-hybridized carbons (Fsp3) is 0.190. The van der Waals surface area contributed by atoms with Gasteiger partial charge in [-0.25, -0.2) is 9.80 Å². The number of thioether (sulfide) groups is 2. The Bertz CT molecular complexity index is 1070. The quantitative estimate of drug-likeness (QED) is 0.532. The normalized spacial score (nSPS) is 20.7. The van der Waals surface area contributed by atoms with Crippen LogP contribution in [0.2, 0.25) is 0 Å². The third-order valence-corrected chi connectivity index (χ3v) is 8.14. The average molecular weight is 504 g/mol. The number of esters is 1. The summed E-state index contributed by atoms with van der Waals surface area (Å²) in [6.45, 7) is 3.47. The molecule has 2 heterocycles. The molecule has 30 heavy (non-hydrogen) atoms. The highest BCUT2D eigenvalue weighted by Crippen LogP contribution is 2.60. The van der Waals surface area contributed by atoms with E-state index in [0.717, 1.165) is 21.5 Å². The molecule has 4 rings (SSSR count). The second-order valence-corrected chi connectivity index (χ2v) is 10.1. The van der Waals surface area contributed by atoms with Crippen molar-refractivity contribution in [3.8, 4) is 0 Å². The van der Waals surface area contributed by atoms with E-state index in [9.17, 15) is 9.59 Å². The maximum atomic E-state index is 12.5. The number of nitrogens with zero attached hydrogens (tertiary/aromatic N) is 3. The summed E-state index contributed by atoms with van der Waals surface area (Å²) in [5.41, 5.74) is 2.50. The van der Waals surface area contributed by atoms with E-state index in [2.05, 4.69) is 25.9 Å². The summed E-state index contributed by atoms with van der Waals surface area (Å²) in [6.07, 6.45) is 0. The van der Waals surface area contributed by atoms with E-state index < -0.39 is 10.3 Å². The van der Waals surface area contributed by atoms with E-state index >= 15 is 0 Å². The minimum Gasteiger partial charge on any atom is -0.464 e. The van der Waals surface area contributed by atoms with Crippen molar-refractivity contribution in [2.24, 2.45) is 5.10 Å². The van der Waals surface area contributed by atoms with Gasteiger partial charge in [0, 0.05) is 15.9 Å². The van der Waals surface area contributed by atoms with Gasteiger partial charge in [0.25, 0.3) is 0 Å². The Morgan fingerprint density at radius 3 is 2.30 bits per heavy atom. The van der Waals surface area contributed by atoms with Gasteiger partial charge in [-0.15, -0.1) is 0 Å². The number of rotatable bonds is 4. The Labute approximate surface area is 191 Å². The number of methoxy groups -OCH3 is 1. The lowest BCUT2D eigenvalue weighted by atomic mass is 10.2. The lowest BCUT2D eigenvalue weighted by Gasteiger charge is -2.41. The van der Waals surface area contributed by atoms with Crippen LogP contribution >= 0.6 is 39.5 Å². The average Bonchev–Trinajstić information content (AvgIpc) is 3.26. The highest BCUT2D eigenvalue weighted by Gasteiger charge is 2.57. The van der Waals surface area contributed by atoms with Gasteiger partial charge in [-0.3, -0.25) is 4.79 Å². The van der Waals surface area contributed by atoms with Gasteiger partial charge in [-0.05, 0) is 62.0 Å². The van der Waals surface area contributed by atoms with Crippen LogP contribution in [0.15, 0.2) is 74.8 Å². The number of carbonyl (C=O) groups excluding carboxylic acids is 2. The Kier molecular flexibility index (Phi) is 5.69. The number of ether oxygens (including phenoxy) is 1. The van der Waals surface area contributed by atoms with Gasteiger partial charge in [-0.1, -0.05) is 45.9 Å². The SMILES string of the molecule is COC(=O)C1=NN(c2ccc(Br)cc2)C2(S1)SC(C(C)=O)=C(C)N2c1ccccc1. The third kappa shape index (κ3) is 3.44. The summed E-state index contributed by atoms with van der Waals surface area (Å²) in [7, 11) is 1.33.